The van der Waals surface area contributed by atoms with Crippen molar-refractivity contribution < 1.29 is 4.43 Å². The minimum atomic E-state index is -1.85. The van der Waals surface area contributed by atoms with Crippen LogP contribution < -0.4 is 10.2 Å². The maximum absolute atomic E-state index is 6.41. The van der Waals surface area contributed by atoms with Crippen LogP contribution in [0.25, 0.3) is 11.2 Å². The van der Waals surface area contributed by atoms with Gasteiger partial charge in [0.25, 0.3) is 0 Å². The highest BCUT2D eigenvalue weighted by Crippen LogP contribution is 2.37. The van der Waals surface area contributed by atoms with Gasteiger partial charge < -0.3 is 14.7 Å². The summed E-state index contributed by atoms with van der Waals surface area (Å²) >= 11 is 6.09. The number of benzene rings is 1. The van der Waals surface area contributed by atoms with E-state index in [4.69, 9.17) is 21.8 Å². The van der Waals surface area contributed by atoms with Crippen molar-refractivity contribution in [2.75, 3.05) is 5.73 Å². The molecule has 0 spiro atoms. The molecule has 0 fully saturated rings. The number of anilines is 1. The van der Waals surface area contributed by atoms with Crippen LogP contribution in [0.3, 0.4) is 0 Å². The van der Waals surface area contributed by atoms with Crippen molar-refractivity contribution in [3.63, 3.8) is 0 Å². The maximum Gasteiger partial charge on any atom is 0.250 e. The number of aromatic nitrogens is 4. The minimum absolute atomic E-state index is 0.152. The van der Waals surface area contributed by atoms with E-state index in [0.29, 0.717) is 17.7 Å². The summed E-state index contributed by atoms with van der Waals surface area (Å²) < 4.78 is 8.36. The highest BCUT2D eigenvalue weighted by Gasteiger charge is 2.38. The van der Waals surface area contributed by atoms with E-state index < -0.39 is 8.32 Å². The molecule has 0 unspecified atom stereocenters. The predicted molar refractivity (Wildman–Crippen MR) is 113 cm³/mol. The smallest absolute Gasteiger partial charge is 0.250 e. The zero-order valence-corrected chi connectivity index (χ0v) is 18.2. The summed E-state index contributed by atoms with van der Waals surface area (Å²) in [5, 5.41) is 0.443. The largest absolute Gasteiger partial charge is 0.543 e. The summed E-state index contributed by atoms with van der Waals surface area (Å²) in [5.41, 5.74) is 8.13. The molecule has 0 bridgehead atoms. The van der Waals surface area contributed by atoms with Crippen LogP contribution in [-0.4, -0.2) is 27.8 Å². The van der Waals surface area contributed by atoms with E-state index >= 15 is 0 Å². The second-order valence-corrected chi connectivity index (χ2v) is 13.3. The van der Waals surface area contributed by atoms with Gasteiger partial charge in [-0.2, -0.15) is 9.97 Å². The molecule has 3 aromatic rings. The molecule has 6 nitrogen and oxygen atoms in total. The number of halogens is 1. The fourth-order valence-electron chi connectivity index (χ4n) is 2.55. The molecular formula is C19H26ClN5OSi. The van der Waals surface area contributed by atoms with Gasteiger partial charge in [-0.05, 0) is 42.2 Å². The Labute approximate surface area is 165 Å². The lowest BCUT2D eigenvalue weighted by molar-refractivity contribution is 0.491. The van der Waals surface area contributed by atoms with Gasteiger partial charge in [0.1, 0.15) is 11.3 Å². The van der Waals surface area contributed by atoms with Crippen LogP contribution in [0.4, 0.5) is 5.95 Å². The van der Waals surface area contributed by atoms with E-state index in [2.05, 4.69) is 60.9 Å². The zero-order valence-electron chi connectivity index (χ0n) is 16.5. The van der Waals surface area contributed by atoms with Gasteiger partial charge in [-0.3, -0.25) is 0 Å². The molecule has 8 heteroatoms. The number of hydrogen-bond donors (Lipinski definition) is 1. The van der Waals surface area contributed by atoms with Gasteiger partial charge in [-0.15, -0.1) is 0 Å². The molecular weight excluding hydrogens is 378 g/mol. The van der Waals surface area contributed by atoms with E-state index in [-0.39, 0.29) is 16.1 Å². The molecule has 0 radical (unpaired) electrons. The predicted octanol–water partition coefficient (Wildman–Crippen LogP) is 4.69. The first-order valence-corrected chi connectivity index (χ1v) is 12.3. The van der Waals surface area contributed by atoms with Gasteiger partial charge in [-0.25, -0.2) is 4.98 Å². The Morgan fingerprint density at radius 1 is 1.22 bits per heavy atom. The number of fused-ring (bicyclic) bond motifs is 1. The highest BCUT2D eigenvalue weighted by atomic mass is 35.5. The van der Waals surface area contributed by atoms with Crippen LogP contribution in [0.2, 0.25) is 23.3 Å². The van der Waals surface area contributed by atoms with E-state index in [1.807, 2.05) is 16.7 Å². The van der Waals surface area contributed by atoms with Gasteiger partial charge in [0, 0.05) is 6.54 Å². The third kappa shape index (κ3) is 4.25. The van der Waals surface area contributed by atoms with Crippen LogP contribution in [0.1, 0.15) is 26.3 Å². The number of rotatable bonds is 5. The Balaban J connectivity index is 1.76. The first-order chi connectivity index (χ1) is 12.6. The van der Waals surface area contributed by atoms with Crippen molar-refractivity contribution in [1.82, 2.24) is 19.5 Å². The Morgan fingerprint density at radius 2 is 1.96 bits per heavy atom. The molecule has 0 amide bonds. The van der Waals surface area contributed by atoms with E-state index in [1.54, 1.807) is 6.33 Å². The molecule has 0 saturated heterocycles. The number of hydrogen-bond acceptors (Lipinski definition) is 5. The summed E-state index contributed by atoms with van der Waals surface area (Å²) in [4.78, 5) is 12.5. The van der Waals surface area contributed by atoms with Gasteiger partial charge in [0.2, 0.25) is 14.3 Å². The summed E-state index contributed by atoms with van der Waals surface area (Å²) in [6.45, 7) is 12.0. The second-order valence-electron chi connectivity index (χ2n) is 8.24. The third-order valence-corrected chi connectivity index (χ3v) is 9.78. The minimum Gasteiger partial charge on any atom is -0.543 e. The maximum atomic E-state index is 6.41. The molecule has 0 saturated carbocycles. The van der Waals surface area contributed by atoms with Crippen molar-refractivity contribution >= 4 is 37.0 Å². The summed E-state index contributed by atoms with van der Waals surface area (Å²) in [7, 11) is -1.85. The van der Waals surface area contributed by atoms with Crippen LogP contribution in [-0.2, 0) is 13.0 Å². The molecule has 0 aliphatic rings. The fourth-order valence-corrected chi connectivity index (χ4v) is 3.79. The van der Waals surface area contributed by atoms with Crippen molar-refractivity contribution in [2.24, 2.45) is 0 Å². The summed E-state index contributed by atoms with van der Waals surface area (Å²) in [6.07, 6.45) is 2.54. The second kappa shape index (κ2) is 7.13. The van der Waals surface area contributed by atoms with E-state index in [0.717, 1.165) is 12.2 Å². The normalized spacial score (nSPS) is 12.5. The monoisotopic (exact) mass is 403 g/mol. The molecule has 1 aromatic carbocycles. The molecule has 0 atom stereocenters. The third-order valence-electron chi connectivity index (χ3n) is 5.16. The number of imidazole rings is 1. The number of nitrogen functional groups attached to an aromatic ring is 1. The van der Waals surface area contributed by atoms with Crippen LogP contribution in [0.5, 0.6) is 5.75 Å². The van der Waals surface area contributed by atoms with Crippen LogP contribution >= 0.6 is 11.6 Å². The van der Waals surface area contributed by atoms with Crippen molar-refractivity contribution in [3.05, 3.63) is 41.3 Å². The molecule has 144 valence electrons. The molecule has 2 aromatic heterocycles. The lowest BCUT2D eigenvalue weighted by Gasteiger charge is -2.36. The summed E-state index contributed by atoms with van der Waals surface area (Å²) in [5.74, 6) is 1.09. The Hall–Kier alpha value is -2.12. The number of nitrogens with two attached hydrogens (primary N) is 1. The van der Waals surface area contributed by atoms with Gasteiger partial charge in [0.15, 0.2) is 10.8 Å². The molecule has 2 N–H and O–H groups in total. The molecule has 0 aliphatic carbocycles. The number of aryl methyl sites for hydroxylation is 2. The zero-order chi connectivity index (χ0) is 19.8. The summed E-state index contributed by atoms with van der Waals surface area (Å²) in [6, 6.07) is 8.30. The molecule has 3 rings (SSSR count). The van der Waals surface area contributed by atoms with Gasteiger partial charge >= 0.3 is 0 Å². The van der Waals surface area contributed by atoms with E-state index in [9.17, 15) is 0 Å². The first-order valence-electron chi connectivity index (χ1n) is 8.99. The lowest BCUT2D eigenvalue weighted by atomic mass is 10.1. The van der Waals surface area contributed by atoms with Gasteiger partial charge in [-0.1, -0.05) is 44.5 Å². The van der Waals surface area contributed by atoms with Crippen LogP contribution in [0, 0.1) is 0 Å². The van der Waals surface area contributed by atoms with Crippen molar-refractivity contribution in [1.29, 1.82) is 0 Å². The average molecular weight is 404 g/mol. The molecule has 27 heavy (non-hydrogen) atoms. The SMILES string of the molecule is CC(C)(C)[Si](C)(C)Oc1cccc(CCn2cnc3c(Cl)nc(N)nc32)c1. The quantitative estimate of drug-likeness (QED) is 0.493. The Bertz CT molecular complexity index is 964. The topological polar surface area (TPSA) is 78.8 Å². The van der Waals surface area contributed by atoms with Gasteiger partial charge in [0.05, 0.1) is 6.33 Å². The van der Waals surface area contributed by atoms with E-state index in [1.165, 1.54) is 5.56 Å². The Kier molecular flexibility index (Phi) is 5.18. The molecule has 0 aliphatic heterocycles. The molecule has 2 heterocycles. The van der Waals surface area contributed by atoms with Crippen LogP contribution in [0.15, 0.2) is 30.6 Å². The number of nitrogens with zero attached hydrogens (tertiary/aromatic N) is 4. The average Bonchev–Trinajstić information content (AvgIpc) is 2.95. The first kappa shape index (κ1) is 19.6. The van der Waals surface area contributed by atoms with Crippen molar-refractivity contribution in [2.45, 2.75) is 51.9 Å². The lowest BCUT2D eigenvalue weighted by Crippen LogP contribution is -2.43. The highest BCUT2D eigenvalue weighted by molar-refractivity contribution is 6.74. The Morgan fingerprint density at radius 3 is 2.67 bits per heavy atom. The van der Waals surface area contributed by atoms with Crippen molar-refractivity contribution in [3.8, 4) is 5.75 Å². The standard InChI is InChI=1S/C19H26ClN5OSi/c1-19(2,3)27(4,5)26-14-8-6-7-13(11-14)9-10-25-12-22-15-16(20)23-18(21)24-17(15)25/h6-8,11-12H,9-10H2,1-5H3,(H2,21,23,24). The fraction of sp³-hybridized carbons (Fsp3) is 0.421.